The van der Waals surface area contributed by atoms with Crippen molar-refractivity contribution in [3.8, 4) is 33.4 Å². The van der Waals surface area contributed by atoms with E-state index >= 15 is 0 Å². The first-order chi connectivity index (χ1) is 27.3. The predicted molar refractivity (Wildman–Crippen MR) is 241 cm³/mol. The van der Waals surface area contributed by atoms with Crippen LogP contribution in [0.5, 0.6) is 0 Å². The minimum absolute atomic E-state index is 1.12. The zero-order chi connectivity index (χ0) is 36.3. The molecule has 0 saturated carbocycles. The van der Waals surface area contributed by atoms with E-state index in [1.807, 2.05) is 22.7 Å². The average Bonchev–Trinajstić information content (AvgIpc) is 3.83. The SMILES string of the molecule is c1ccc(-c2ccc3ccccc3c2)c(-c2ccc(N(c3ccccc3-c3ccc4c(c3)sc3ccccc34)c3cccc4sc5ccccc5c34)cc2)c1. The van der Waals surface area contributed by atoms with Crippen LogP contribution in [0.3, 0.4) is 0 Å². The number of anilines is 3. The van der Waals surface area contributed by atoms with E-state index in [0.717, 1.165) is 11.4 Å². The Morgan fingerprint density at radius 1 is 0.309 bits per heavy atom. The normalized spacial score (nSPS) is 11.6. The van der Waals surface area contributed by atoms with E-state index in [-0.39, 0.29) is 0 Å². The van der Waals surface area contributed by atoms with E-state index in [1.54, 1.807) is 0 Å². The number of hydrogen-bond acceptors (Lipinski definition) is 3. The summed E-state index contributed by atoms with van der Waals surface area (Å²) in [5, 5.41) is 7.71. The first-order valence-electron chi connectivity index (χ1n) is 18.7. The first kappa shape index (κ1) is 32.0. The van der Waals surface area contributed by atoms with Gasteiger partial charge >= 0.3 is 0 Å². The minimum Gasteiger partial charge on any atom is -0.309 e. The number of hydrogen-bond donors (Lipinski definition) is 0. The van der Waals surface area contributed by atoms with Gasteiger partial charge in [-0.3, -0.25) is 0 Å². The maximum atomic E-state index is 2.48. The molecule has 0 amide bonds. The van der Waals surface area contributed by atoms with Crippen molar-refractivity contribution < 1.29 is 0 Å². The van der Waals surface area contributed by atoms with Crippen LogP contribution < -0.4 is 4.90 Å². The number of rotatable bonds is 6. The van der Waals surface area contributed by atoms with Crippen molar-refractivity contribution in [1.29, 1.82) is 0 Å². The Kier molecular flexibility index (Phi) is 7.61. The maximum absolute atomic E-state index is 2.48. The zero-order valence-electron chi connectivity index (χ0n) is 29.8. The summed E-state index contributed by atoms with van der Waals surface area (Å²) in [6.45, 7) is 0. The Morgan fingerprint density at radius 2 is 0.855 bits per heavy atom. The molecule has 2 aromatic heterocycles. The summed E-state index contributed by atoms with van der Waals surface area (Å²) >= 11 is 3.73. The lowest BCUT2D eigenvalue weighted by Gasteiger charge is -2.29. The topological polar surface area (TPSA) is 3.24 Å². The van der Waals surface area contributed by atoms with Crippen molar-refractivity contribution in [3.05, 3.63) is 200 Å². The van der Waals surface area contributed by atoms with Crippen LogP contribution in [-0.2, 0) is 0 Å². The molecule has 0 atom stereocenters. The molecule has 0 fully saturated rings. The van der Waals surface area contributed by atoms with Gasteiger partial charge in [0.05, 0.1) is 11.4 Å². The maximum Gasteiger partial charge on any atom is 0.0555 e. The second-order valence-corrected chi connectivity index (χ2v) is 16.2. The van der Waals surface area contributed by atoms with Crippen LogP contribution in [0.4, 0.5) is 17.1 Å². The van der Waals surface area contributed by atoms with Crippen molar-refractivity contribution >= 4 is 90.9 Å². The van der Waals surface area contributed by atoms with E-state index in [9.17, 15) is 0 Å². The lowest BCUT2D eigenvalue weighted by molar-refractivity contribution is 1.30. The summed E-state index contributed by atoms with van der Waals surface area (Å²) in [6.07, 6.45) is 0. The molecule has 3 heteroatoms. The highest BCUT2D eigenvalue weighted by Gasteiger charge is 2.22. The smallest absolute Gasteiger partial charge is 0.0555 e. The second-order valence-electron chi connectivity index (χ2n) is 14.1. The highest BCUT2D eigenvalue weighted by atomic mass is 32.1. The van der Waals surface area contributed by atoms with E-state index in [4.69, 9.17) is 0 Å². The van der Waals surface area contributed by atoms with Gasteiger partial charge in [0.15, 0.2) is 0 Å². The highest BCUT2D eigenvalue weighted by Crippen LogP contribution is 2.48. The van der Waals surface area contributed by atoms with Gasteiger partial charge in [-0.2, -0.15) is 0 Å². The van der Waals surface area contributed by atoms with Gasteiger partial charge in [0, 0.05) is 51.6 Å². The summed E-state index contributed by atoms with van der Waals surface area (Å²) < 4.78 is 5.21. The molecule has 0 spiro atoms. The molecule has 0 radical (unpaired) electrons. The van der Waals surface area contributed by atoms with Crippen molar-refractivity contribution in [2.45, 2.75) is 0 Å². The molecule has 0 aliphatic carbocycles. The Bertz CT molecular complexity index is 3220. The summed E-state index contributed by atoms with van der Waals surface area (Å²) in [4.78, 5) is 2.48. The monoisotopic (exact) mass is 735 g/mol. The highest BCUT2D eigenvalue weighted by molar-refractivity contribution is 7.26. The van der Waals surface area contributed by atoms with Gasteiger partial charge in [-0.05, 0) is 93.2 Å². The molecule has 0 unspecified atom stereocenters. The fourth-order valence-corrected chi connectivity index (χ4v) is 10.6. The minimum atomic E-state index is 1.12. The van der Waals surface area contributed by atoms with Crippen LogP contribution in [-0.4, -0.2) is 0 Å². The quantitative estimate of drug-likeness (QED) is 0.164. The molecule has 55 heavy (non-hydrogen) atoms. The van der Waals surface area contributed by atoms with Gasteiger partial charge in [-0.25, -0.2) is 0 Å². The van der Waals surface area contributed by atoms with Crippen LogP contribution in [0, 0.1) is 0 Å². The Labute approximate surface area is 327 Å². The molecule has 0 bridgehead atoms. The number of fused-ring (bicyclic) bond motifs is 7. The number of nitrogens with zero attached hydrogens (tertiary/aromatic N) is 1. The molecule has 11 aromatic rings. The number of benzene rings is 9. The van der Waals surface area contributed by atoms with E-state index in [2.05, 4.69) is 205 Å². The molecular formula is C52H33NS2. The van der Waals surface area contributed by atoms with Crippen molar-refractivity contribution in [2.24, 2.45) is 0 Å². The molecule has 1 nitrogen and oxygen atoms in total. The molecule has 0 saturated heterocycles. The van der Waals surface area contributed by atoms with E-state index in [0.29, 0.717) is 0 Å². The fourth-order valence-electron chi connectivity index (χ4n) is 8.29. The zero-order valence-corrected chi connectivity index (χ0v) is 31.4. The Balaban J connectivity index is 1.09. The molecule has 0 aliphatic heterocycles. The first-order valence-corrected chi connectivity index (χ1v) is 20.3. The predicted octanol–water partition coefficient (Wildman–Crippen LogP) is 16.0. The van der Waals surface area contributed by atoms with Gasteiger partial charge < -0.3 is 4.90 Å². The molecule has 9 aromatic carbocycles. The third-order valence-electron chi connectivity index (χ3n) is 10.9. The van der Waals surface area contributed by atoms with E-state index in [1.165, 1.54) is 90.2 Å². The van der Waals surface area contributed by atoms with Crippen LogP contribution in [0.2, 0.25) is 0 Å². The lowest BCUT2D eigenvalue weighted by Crippen LogP contribution is -2.11. The Morgan fingerprint density at radius 3 is 1.69 bits per heavy atom. The van der Waals surface area contributed by atoms with Crippen LogP contribution in [0.1, 0.15) is 0 Å². The van der Waals surface area contributed by atoms with Gasteiger partial charge in [0.1, 0.15) is 0 Å². The Hall–Kier alpha value is -6.52. The van der Waals surface area contributed by atoms with Gasteiger partial charge in [-0.15, -0.1) is 22.7 Å². The van der Waals surface area contributed by atoms with Crippen molar-refractivity contribution in [1.82, 2.24) is 0 Å². The van der Waals surface area contributed by atoms with Gasteiger partial charge in [0.25, 0.3) is 0 Å². The fraction of sp³-hybridized carbons (Fsp3) is 0. The largest absolute Gasteiger partial charge is 0.309 e. The van der Waals surface area contributed by atoms with Gasteiger partial charge in [0.2, 0.25) is 0 Å². The summed E-state index contributed by atoms with van der Waals surface area (Å²) in [5.41, 5.74) is 10.7. The molecule has 11 rings (SSSR count). The third-order valence-corrected chi connectivity index (χ3v) is 13.1. The third kappa shape index (κ3) is 5.43. The molecular weight excluding hydrogens is 703 g/mol. The van der Waals surface area contributed by atoms with Gasteiger partial charge in [-0.1, -0.05) is 146 Å². The number of thiophene rings is 2. The summed E-state index contributed by atoms with van der Waals surface area (Å²) in [7, 11) is 0. The summed E-state index contributed by atoms with van der Waals surface area (Å²) in [6, 6.07) is 73.5. The molecule has 0 aliphatic rings. The molecule has 0 N–H and O–H groups in total. The lowest BCUT2D eigenvalue weighted by atomic mass is 9.93. The van der Waals surface area contributed by atoms with Crippen LogP contribution >= 0.6 is 22.7 Å². The van der Waals surface area contributed by atoms with Crippen molar-refractivity contribution in [2.75, 3.05) is 4.90 Å². The molecule has 258 valence electrons. The average molecular weight is 736 g/mol. The van der Waals surface area contributed by atoms with Crippen LogP contribution in [0.15, 0.2) is 200 Å². The number of para-hydroxylation sites is 1. The summed E-state index contributed by atoms with van der Waals surface area (Å²) in [5.74, 6) is 0. The van der Waals surface area contributed by atoms with Crippen LogP contribution in [0.25, 0.3) is 84.5 Å². The standard InChI is InChI=1S/C52H33NS2/c1-2-13-36-32-37(25-24-34(36)12-1)41-15-4-3-14-40(41)35-26-29-39(30-27-35)53(47-20-11-23-50-52(47)45-18-7-10-22-49(45)54-50)46-19-8-5-16-42(46)38-28-31-44-43-17-6-9-21-48(43)55-51(44)33-38/h1-33H. The molecule has 2 heterocycles. The van der Waals surface area contributed by atoms with Crippen molar-refractivity contribution in [3.63, 3.8) is 0 Å². The van der Waals surface area contributed by atoms with E-state index < -0.39 is 0 Å². The second kappa shape index (κ2) is 13.1.